The molecule has 1 aliphatic rings. The normalized spacial score (nSPS) is 23.9. The number of hydrogen-bond acceptors (Lipinski definition) is 3. The highest BCUT2D eigenvalue weighted by atomic mass is 32.2. The Labute approximate surface area is 108 Å². The molecule has 1 heterocycles. The molecule has 2 atom stereocenters. The van der Waals surface area contributed by atoms with E-state index in [2.05, 4.69) is 42.2 Å². The van der Waals surface area contributed by atoms with E-state index >= 15 is 0 Å². The Kier molecular flexibility index (Phi) is 4.75. The van der Waals surface area contributed by atoms with Crippen LogP contribution in [0.3, 0.4) is 0 Å². The first-order valence-electron chi connectivity index (χ1n) is 6.27. The van der Waals surface area contributed by atoms with Gasteiger partial charge in [0.15, 0.2) is 0 Å². The number of nitrogens with one attached hydrogen (secondary N) is 1. The highest BCUT2D eigenvalue weighted by Crippen LogP contribution is 2.25. The summed E-state index contributed by atoms with van der Waals surface area (Å²) in [6.45, 7) is 3.38. The molecule has 94 valence electrons. The van der Waals surface area contributed by atoms with Crippen molar-refractivity contribution in [1.82, 2.24) is 5.32 Å². The fourth-order valence-electron chi connectivity index (χ4n) is 2.23. The number of rotatable bonds is 5. The smallest absolute Gasteiger partial charge is 0.119 e. The zero-order valence-corrected chi connectivity index (χ0v) is 11.4. The second-order valence-corrected chi connectivity index (χ2v) is 6.01. The number of ether oxygens (including phenoxy) is 1. The van der Waals surface area contributed by atoms with Gasteiger partial charge in [0.2, 0.25) is 0 Å². The first-order valence-corrected chi connectivity index (χ1v) is 7.32. The molecule has 2 nitrogen and oxygen atoms in total. The van der Waals surface area contributed by atoms with Crippen LogP contribution in [-0.4, -0.2) is 30.7 Å². The summed E-state index contributed by atoms with van der Waals surface area (Å²) in [6, 6.07) is 9.03. The molecule has 1 saturated heterocycles. The van der Waals surface area contributed by atoms with E-state index in [0.29, 0.717) is 6.04 Å². The maximum Gasteiger partial charge on any atom is 0.119 e. The van der Waals surface area contributed by atoms with Gasteiger partial charge in [-0.1, -0.05) is 19.1 Å². The SMILES string of the molecule is COc1cccc(CCNC2CCSC2C)c1. The molecule has 0 amide bonds. The molecule has 0 aliphatic carbocycles. The molecule has 0 saturated carbocycles. The van der Waals surface area contributed by atoms with Crippen molar-refractivity contribution >= 4 is 11.8 Å². The second kappa shape index (κ2) is 6.31. The van der Waals surface area contributed by atoms with Crippen molar-refractivity contribution in [3.8, 4) is 5.75 Å². The van der Waals surface area contributed by atoms with Crippen LogP contribution in [0.25, 0.3) is 0 Å². The predicted octanol–water partition coefficient (Wildman–Crippen LogP) is 2.72. The number of methoxy groups -OCH3 is 1. The molecule has 0 bridgehead atoms. The molecular weight excluding hydrogens is 230 g/mol. The Bertz CT molecular complexity index is 356. The molecule has 2 unspecified atom stereocenters. The third-order valence-electron chi connectivity index (χ3n) is 3.33. The van der Waals surface area contributed by atoms with E-state index in [0.717, 1.165) is 24.0 Å². The van der Waals surface area contributed by atoms with E-state index in [1.165, 1.54) is 17.7 Å². The fraction of sp³-hybridized carbons (Fsp3) is 0.571. The van der Waals surface area contributed by atoms with Gasteiger partial charge in [-0.15, -0.1) is 0 Å². The Hall–Kier alpha value is -0.670. The summed E-state index contributed by atoms with van der Waals surface area (Å²) in [5, 5.41) is 4.42. The van der Waals surface area contributed by atoms with Crippen molar-refractivity contribution in [1.29, 1.82) is 0 Å². The van der Waals surface area contributed by atoms with Gasteiger partial charge in [0.1, 0.15) is 5.75 Å². The van der Waals surface area contributed by atoms with Crippen molar-refractivity contribution < 1.29 is 4.74 Å². The average Bonchev–Trinajstić information content (AvgIpc) is 2.76. The largest absolute Gasteiger partial charge is 0.497 e. The minimum absolute atomic E-state index is 0.700. The number of thioether (sulfide) groups is 1. The molecule has 17 heavy (non-hydrogen) atoms. The first-order chi connectivity index (χ1) is 8.29. The van der Waals surface area contributed by atoms with Crippen molar-refractivity contribution in [2.45, 2.75) is 31.1 Å². The zero-order valence-electron chi connectivity index (χ0n) is 10.6. The topological polar surface area (TPSA) is 21.3 Å². The number of benzene rings is 1. The first kappa shape index (κ1) is 12.8. The third-order valence-corrected chi connectivity index (χ3v) is 4.66. The summed E-state index contributed by atoms with van der Waals surface area (Å²) >= 11 is 2.08. The Morgan fingerprint density at radius 1 is 1.47 bits per heavy atom. The molecule has 1 fully saturated rings. The monoisotopic (exact) mass is 251 g/mol. The molecule has 1 aromatic carbocycles. The Morgan fingerprint density at radius 2 is 2.35 bits per heavy atom. The molecule has 1 aliphatic heterocycles. The fourth-order valence-corrected chi connectivity index (χ4v) is 3.46. The van der Waals surface area contributed by atoms with Gasteiger partial charge in [-0.3, -0.25) is 0 Å². The van der Waals surface area contributed by atoms with Gasteiger partial charge in [-0.2, -0.15) is 11.8 Å². The minimum atomic E-state index is 0.700. The van der Waals surface area contributed by atoms with E-state index in [-0.39, 0.29) is 0 Å². The average molecular weight is 251 g/mol. The molecular formula is C14H21NOS. The molecule has 1 aromatic rings. The third kappa shape index (κ3) is 3.65. The van der Waals surface area contributed by atoms with Gasteiger partial charge in [0, 0.05) is 11.3 Å². The van der Waals surface area contributed by atoms with Crippen LogP contribution < -0.4 is 10.1 Å². The molecule has 0 radical (unpaired) electrons. The second-order valence-electron chi connectivity index (χ2n) is 4.53. The van der Waals surface area contributed by atoms with Crippen LogP contribution in [0, 0.1) is 0 Å². The highest BCUT2D eigenvalue weighted by Gasteiger charge is 2.22. The van der Waals surface area contributed by atoms with E-state index in [9.17, 15) is 0 Å². The summed E-state index contributed by atoms with van der Waals surface area (Å²) in [5.41, 5.74) is 1.34. The summed E-state index contributed by atoms with van der Waals surface area (Å²) in [4.78, 5) is 0. The van der Waals surface area contributed by atoms with Crippen molar-refractivity contribution in [3.63, 3.8) is 0 Å². The summed E-state index contributed by atoms with van der Waals surface area (Å²) < 4.78 is 5.23. The molecule has 1 N–H and O–H groups in total. The van der Waals surface area contributed by atoms with E-state index in [1.807, 2.05) is 6.07 Å². The van der Waals surface area contributed by atoms with Crippen molar-refractivity contribution in [2.75, 3.05) is 19.4 Å². The van der Waals surface area contributed by atoms with E-state index < -0.39 is 0 Å². The van der Waals surface area contributed by atoms with Crippen LogP contribution in [-0.2, 0) is 6.42 Å². The summed E-state index contributed by atoms with van der Waals surface area (Å²) in [7, 11) is 1.72. The quantitative estimate of drug-likeness (QED) is 0.869. The van der Waals surface area contributed by atoms with Crippen LogP contribution in [0.2, 0.25) is 0 Å². The number of hydrogen-bond donors (Lipinski definition) is 1. The van der Waals surface area contributed by atoms with Crippen LogP contribution in [0.5, 0.6) is 5.75 Å². The maximum absolute atomic E-state index is 5.23. The van der Waals surface area contributed by atoms with Crippen LogP contribution >= 0.6 is 11.8 Å². The van der Waals surface area contributed by atoms with Gasteiger partial charge in [-0.25, -0.2) is 0 Å². The lowest BCUT2D eigenvalue weighted by molar-refractivity contribution is 0.414. The van der Waals surface area contributed by atoms with Crippen LogP contribution in [0.15, 0.2) is 24.3 Å². The summed E-state index contributed by atoms with van der Waals surface area (Å²) in [6.07, 6.45) is 2.38. The molecule has 2 rings (SSSR count). The van der Waals surface area contributed by atoms with Crippen LogP contribution in [0.1, 0.15) is 18.9 Å². The van der Waals surface area contributed by atoms with Crippen molar-refractivity contribution in [2.24, 2.45) is 0 Å². The van der Waals surface area contributed by atoms with Gasteiger partial charge in [-0.05, 0) is 42.8 Å². The van der Waals surface area contributed by atoms with E-state index in [1.54, 1.807) is 7.11 Å². The lowest BCUT2D eigenvalue weighted by atomic mass is 10.1. The van der Waals surface area contributed by atoms with Crippen molar-refractivity contribution in [3.05, 3.63) is 29.8 Å². The van der Waals surface area contributed by atoms with Gasteiger partial charge in [0.05, 0.1) is 7.11 Å². The van der Waals surface area contributed by atoms with Gasteiger partial charge >= 0.3 is 0 Å². The lowest BCUT2D eigenvalue weighted by Gasteiger charge is -2.16. The molecule has 3 heteroatoms. The summed E-state index contributed by atoms with van der Waals surface area (Å²) in [5.74, 6) is 2.25. The predicted molar refractivity (Wildman–Crippen MR) is 75.0 cm³/mol. The Balaban J connectivity index is 1.77. The van der Waals surface area contributed by atoms with E-state index in [4.69, 9.17) is 4.74 Å². The lowest BCUT2D eigenvalue weighted by Crippen LogP contribution is -2.34. The highest BCUT2D eigenvalue weighted by molar-refractivity contribution is 8.00. The molecule has 0 spiro atoms. The molecule has 0 aromatic heterocycles. The van der Waals surface area contributed by atoms with Gasteiger partial charge < -0.3 is 10.1 Å². The Morgan fingerprint density at radius 3 is 3.06 bits per heavy atom. The zero-order chi connectivity index (χ0) is 12.1. The minimum Gasteiger partial charge on any atom is -0.497 e. The maximum atomic E-state index is 5.23. The van der Waals surface area contributed by atoms with Gasteiger partial charge in [0.25, 0.3) is 0 Å². The standard InChI is InChI=1S/C14H21NOS/c1-11-14(7-9-17-11)15-8-6-12-4-3-5-13(10-12)16-2/h3-5,10-11,14-15H,6-9H2,1-2H3. The van der Waals surface area contributed by atoms with Crippen LogP contribution in [0.4, 0.5) is 0 Å².